The van der Waals surface area contributed by atoms with Crippen molar-refractivity contribution in [2.75, 3.05) is 19.0 Å². The second-order valence-corrected chi connectivity index (χ2v) is 4.01. The Kier molecular flexibility index (Phi) is 4.79. The lowest BCUT2D eigenvalue weighted by Crippen LogP contribution is -2.02. The Hall–Kier alpha value is -2.74. The van der Waals surface area contributed by atoms with E-state index in [9.17, 15) is 0 Å². The molecule has 0 atom stereocenters. The first-order valence-electron chi connectivity index (χ1n) is 6.15. The lowest BCUT2D eigenvalue weighted by Gasteiger charge is -2.10. The molecule has 0 unspecified atom stereocenters. The van der Waals surface area contributed by atoms with Crippen LogP contribution >= 0.6 is 0 Å². The van der Waals surface area contributed by atoms with E-state index < -0.39 is 0 Å². The van der Waals surface area contributed by atoms with Crippen LogP contribution in [-0.2, 0) is 6.54 Å². The van der Waals surface area contributed by atoms with E-state index in [1.807, 2.05) is 42.5 Å². The van der Waals surface area contributed by atoms with Gasteiger partial charge in [-0.2, -0.15) is 5.26 Å². The van der Waals surface area contributed by atoms with Crippen molar-refractivity contribution in [3.05, 3.63) is 48.2 Å². The SMILES string of the molecule is COc1ncccc1NCc1cccc(OCC#N)c1. The second kappa shape index (κ2) is 7.00. The normalized spacial score (nSPS) is 9.60. The van der Waals surface area contributed by atoms with Crippen molar-refractivity contribution in [1.82, 2.24) is 4.98 Å². The van der Waals surface area contributed by atoms with Crippen LogP contribution in [0.4, 0.5) is 5.69 Å². The first-order valence-corrected chi connectivity index (χ1v) is 6.15. The predicted octanol–water partition coefficient (Wildman–Crippen LogP) is 2.60. The summed E-state index contributed by atoms with van der Waals surface area (Å²) in [5.74, 6) is 1.24. The number of rotatable bonds is 6. The highest BCUT2D eigenvalue weighted by Crippen LogP contribution is 2.21. The molecule has 0 amide bonds. The van der Waals surface area contributed by atoms with Gasteiger partial charge in [0, 0.05) is 12.7 Å². The predicted molar refractivity (Wildman–Crippen MR) is 75.7 cm³/mol. The number of aromatic nitrogens is 1. The molecule has 0 radical (unpaired) electrons. The van der Waals surface area contributed by atoms with Crippen LogP contribution in [0.3, 0.4) is 0 Å². The number of hydrogen-bond acceptors (Lipinski definition) is 5. The van der Waals surface area contributed by atoms with Gasteiger partial charge in [-0.1, -0.05) is 12.1 Å². The fourth-order valence-corrected chi connectivity index (χ4v) is 1.75. The standard InChI is InChI=1S/C15H15N3O2/c1-19-15-14(6-3-8-17-15)18-11-12-4-2-5-13(10-12)20-9-7-16/h2-6,8,10,18H,9,11H2,1H3. The van der Waals surface area contributed by atoms with Gasteiger partial charge in [0.1, 0.15) is 11.8 Å². The van der Waals surface area contributed by atoms with Crippen LogP contribution in [0.5, 0.6) is 11.6 Å². The Bertz CT molecular complexity index is 608. The third-order valence-corrected chi connectivity index (χ3v) is 2.65. The molecule has 0 aliphatic heterocycles. The van der Waals surface area contributed by atoms with Crippen LogP contribution in [-0.4, -0.2) is 18.7 Å². The van der Waals surface area contributed by atoms with Crippen LogP contribution in [0.15, 0.2) is 42.6 Å². The van der Waals surface area contributed by atoms with Crippen molar-refractivity contribution in [1.29, 1.82) is 5.26 Å². The smallest absolute Gasteiger partial charge is 0.237 e. The quantitative estimate of drug-likeness (QED) is 0.873. The lowest BCUT2D eigenvalue weighted by molar-refractivity contribution is 0.368. The number of pyridine rings is 1. The molecule has 0 saturated heterocycles. The minimum atomic E-state index is 0.0489. The Labute approximate surface area is 117 Å². The van der Waals surface area contributed by atoms with Gasteiger partial charge in [-0.15, -0.1) is 0 Å². The number of nitrogens with zero attached hydrogens (tertiary/aromatic N) is 2. The third kappa shape index (κ3) is 3.62. The molecule has 1 aromatic heterocycles. The van der Waals surface area contributed by atoms with Gasteiger partial charge in [0.25, 0.3) is 0 Å². The molecular weight excluding hydrogens is 254 g/mol. The summed E-state index contributed by atoms with van der Waals surface area (Å²) < 4.78 is 10.4. The molecule has 0 aliphatic rings. The van der Waals surface area contributed by atoms with E-state index in [1.165, 1.54) is 0 Å². The first kappa shape index (κ1) is 13.7. The highest BCUT2D eigenvalue weighted by Gasteiger charge is 2.03. The average Bonchev–Trinajstić information content (AvgIpc) is 2.51. The Morgan fingerprint density at radius 2 is 2.20 bits per heavy atom. The number of benzene rings is 1. The fraction of sp³-hybridized carbons (Fsp3) is 0.200. The molecule has 2 aromatic rings. The Balaban J connectivity index is 2.02. The van der Waals surface area contributed by atoms with Crippen LogP contribution in [0, 0.1) is 11.3 Å². The molecule has 2 rings (SSSR count). The van der Waals surface area contributed by atoms with Gasteiger partial charge >= 0.3 is 0 Å². The lowest BCUT2D eigenvalue weighted by atomic mass is 10.2. The van der Waals surface area contributed by atoms with Gasteiger partial charge in [0.05, 0.1) is 12.8 Å². The van der Waals surface area contributed by atoms with E-state index in [-0.39, 0.29) is 6.61 Å². The third-order valence-electron chi connectivity index (χ3n) is 2.65. The molecule has 0 spiro atoms. The Morgan fingerprint density at radius 1 is 1.30 bits per heavy atom. The summed E-state index contributed by atoms with van der Waals surface area (Å²) in [5.41, 5.74) is 1.88. The molecule has 0 fully saturated rings. The molecular formula is C15H15N3O2. The zero-order valence-corrected chi connectivity index (χ0v) is 11.2. The zero-order valence-electron chi connectivity index (χ0n) is 11.2. The van der Waals surface area contributed by atoms with Gasteiger partial charge in [-0.3, -0.25) is 0 Å². The number of ether oxygens (including phenoxy) is 2. The summed E-state index contributed by atoms with van der Waals surface area (Å²) in [6.45, 7) is 0.666. The van der Waals surface area contributed by atoms with E-state index in [2.05, 4.69) is 10.3 Å². The van der Waals surface area contributed by atoms with Crippen molar-refractivity contribution in [3.63, 3.8) is 0 Å². The van der Waals surface area contributed by atoms with Gasteiger partial charge in [0.15, 0.2) is 6.61 Å². The summed E-state index contributed by atoms with van der Waals surface area (Å²) in [7, 11) is 1.59. The minimum Gasteiger partial charge on any atom is -0.480 e. The monoisotopic (exact) mass is 269 g/mol. The number of hydrogen-bond donors (Lipinski definition) is 1. The van der Waals surface area contributed by atoms with Crippen LogP contribution in [0.2, 0.25) is 0 Å². The topological polar surface area (TPSA) is 67.2 Å². The van der Waals surface area contributed by atoms with E-state index in [0.29, 0.717) is 18.2 Å². The molecule has 1 aromatic carbocycles. The highest BCUT2D eigenvalue weighted by atomic mass is 16.5. The van der Waals surface area contributed by atoms with Gasteiger partial charge in [-0.25, -0.2) is 4.98 Å². The molecule has 0 saturated carbocycles. The molecule has 0 aliphatic carbocycles. The van der Waals surface area contributed by atoms with Crippen LogP contribution in [0.1, 0.15) is 5.56 Å². The molecule has 20 heavy (non-hydrogen) atoms. The van der Waals surface area contributed by atoms with Crippen molar-refractivity contribution < 1.29 is 9.47 Å². The molecule has 5 heteroatoms. The minimum absolute atomic E-state index is 0.0489. The second-order valence-electron chi connectivity index (χ2n) is 4.01. The molecule has 0 bridgehead atoms. The molecule has 1 heterocycles. The summed E-state index contributed by atoms with van der Waals surface area (Å²) in [4.78, 5) is 4.12. The summed E-state index contributed by atoms with van der Waals surface area (Å²) >= 11 is 0. The van der Waals surface area contributed by atoms with E-state index in [4.69, 9.17) is 14.7 Å². The van der Waals surface area contributed by atoms with E-state index in [0.717, 1.165) is 11.3 Å². The largest absolute Gasteiger partial charge is 0.480 e. The number of nitriles is 1. The van der Waals surface area contributed by atoms with E-state index in [1.54, 1.807) is 13.3 Å². The average molecular weight is 269 g/mol. The maximum absolute atomic E-state index is 8.50. The number of anilines is 1. The molecule has 5 nitrogen and oxygen atoms in total. The van der Waals surface area contributed by atoms with Gasteiger partial charge in [-0.05, 0) is 29.8 Å². The van der Waals surface area contributed by atoms with Gasteiger partial charge < -0.3 is 14.8 Å². The molecule has 1 N–H and O–H groups in total. The van der Waals surface area contributed by atoms with Crippen molar-refractivity contribution in [2.45, 2.75) is 6.54 Å². The maximum Gasteiger partial charge on any atom is 0.237 e. The number of nitrogens with one attached hydrogen (secondary N) is 1. The summed E-state index contributed by atoms with van der Waals surface area (Å²) in [6.07, 6.45) is 1.68. The maximum atomic E-state index is 8.50. The zero-order chi connectivity index (χ0) is 14.2. The van der Waals surface area contributed by atoms with Crippen LogP contribution in [0.25, 0.3) is 0 Å². The van der Waals surface area contributed by atoms with Crippen molar-refractivity contribution in [2.24, 2.45) is 0 Å². The fourth-order valence-electron chi connectivity index (χ4n) is 1.75. The Morgan fingerprint density at radius 3 is 3.00 bits per heavy atom. The van der Waals surface area contributed by atoms with Crippen LogP contribution < -0.4 is 14.8 Å². The van der Waals surface area contributed by atoms with Gasteiger partial charge in [0.2, 0.25) is 5.88 Å². The number of methoxy groups -OCH3 is 1. The van der Waals surface area contributed by atoms with E-state index >= 15 is 0 Å². The summed E-state index contributed by atoms with van der Waals surface area (Å²) in [6, 6.07) is 13.3. The molecule has 102 valence electrons. The first-order chi connectivity index (χ1) is 9.83. The summed E-state index contributed by atoms with van der Waals surface area (Å²) in [5, 5.41) is 11.8. The van der Waals surface area contributed by atoms with Crippen molar-refractivity contribution >= 4 is 5.69 Å². The highest BCUT2D eigenvalue weighted by molar-refractivity contribution is 5.52. The van der Waals surface area contributed by atoms with Crippen molar-refractivity contribution in [3.8, 4) is 17.7 Å².